The van der Waals surface area contributed by atoms with Crippen molar-refractivity contribution in [3.8, 4) is 0 Å². The van der Waals surface area contributed by atoms with Gasteiger partial charge in [0.25, 0.3) is 0 Å². The monoisotopic (exact) mass is 164 g/mol. The Morgan fingerprint density at radius 3 is 2.00 bits per heavy atom. The predicted molar refractivity (Wildman–Crippen MR) is 43.9 cm³/mol. The number of halogens is 1. The molecule has 9 heavy (non-hydrogen) atoms. The number of alkyl halides is 1. The molecule has 0 saturated heterocycles. The van der Waals surface area contributed by atoms with E-state index in [4.69, 9.17) is 11.6 Å². The molecule has 54 valence electrons. The molecule has 0 fully saturated rings. The summed E-state index contributed by atoms with van der Waals surface area (Å²) in [4.78, 5) is 10.7. The summed E-state index contributed by atoms with van der Waals surface area (Å²) < 4.78 is 0. The number of carbonyl (C=O) groups excluding carboxylic acids is 1. The second-order valence-corrected chi connectivity index (χ2v) is 9.15. The fraction of sp³-hybridized carbons (Fsp3) is 0.833. The van der Waals surface area contributed by atoms with E-state index in [1.807, 2.05) is 0 Å². The summed E-state index contributed by atoms with van der Waals surface area (Å²) in [6, 6.07) is 0.719. The van der Waals surface area contributed by atoms with Crippen LogP contribution in [0.3, 0.4) is 0 Å². The minimum Gasteiger partial charge on any atom is -0.299 e. The number of hydrogen-bond acceptors (Lipinski definition) is 1. The Labute approximate surface area is 62.4 Å². The van der Waals surface area contributed by atoms with Crippen LogP contribution < -0.4 is 0 Å². The number of hydrogen-bond donors (Lipinski definition) is 0. The van der Waals surface area contributed by atoms with Crippen LogP contribution in [0.4, 0.5) is 0 Å². The van der Waals surface area contributed by atoms with Gasteiger partial charge in [-0.2, -0.15) is 0 Å². The fourth-order valence-electron chi connectivity index (χ4n) is 0.639. The summed E-state index contributed by atoms with van der Waals surface area (Å²) in [5.74, 6) is 0.375. The van der Waals surface area contributed by atoms with Gasteiger partial charge < -0.3 is 0 Å². The molecule has 3 heteroatoms. The second kappa shape index (κ2) is 3.37. The average molecular weight is 165 g/mol. The molecule has 1 nitrogen and oxygen atoms in total. The Balaban J connectivity index is 3.60. The molecule has 0 saturated carbocycles. The smallest absolute Gasteiger partial charge is 0.144 e. The van der Waals surface area contributed by atoms with E-state index < -0.39 is 8.07 Å². The summed E-state index contributed by atoms with van der Waals surface area (Å²) in [5.41, 5.74) is 0. The number of ketones is 1. The number of Topliss-reactive ketones (excluding diaryl/α,β-unsaturated/α-hetero) is 1. The Morgan fingerprint density at radius 1 is 1.44 bits per heavy atom. The van der Waals surface area contributed by atoms with Crippen LogP contribution in [-0.4, -0.2) is 19.7 Å². The van der Waals surface area contributed by atoms with Crippen molar-refractivity contribution < 1.29 is 4.79 Å². The predicted octanol–water partition coefficient (Wildman–Crippen LogP) is 2.13. The number of rotatable bonds is 3. The molecule has 0 aromatic heterocycles. The molecular formula is C6H13ClOSi. The van der Waals surface area contributed by atoms with Crippen molar-refractivity contribution in [1.29, 1.82) is 0 Å². The van der Waals surface area contributed by atoms with E-state index in [9.17, 15) is 4.79 Å². The maximum absolute atomic E-state index is 10.7. The van der Waals surface area contributed by atoms with Crippen molar-refractivity contribution in [2.45, 2.75) is 25.7 Å². The van der Waals surface area contributed by atoms with Gasteiger partial charge in [-0.1, -0.05) is 19.6 Å². The lowest BCUT2D eigenvalue weighted by atomic mass is 10.5. The molecule has 0 aliphatic carbocycles. The summed E-state index contributed by atoms with van der Waals surface area (Å²) >= 11 is 5.33. The normalized spacial score (nSPS) is 11.6. The van der Waals surface area contributed by atoms with Gasteiger partial charge in [0.2, 0.25) is 0 Å². The first-order valence-corrected chi connectivity index (χ1v) is 7.27. The van der Waals surface area contributed by atoms with Gasteiger partial charge in [-0.25, -0.2) is 0 Å². The van der Waals surface area contributed by atoms with E-state index in [0.29, 0.717) is 0 Å². The zero-order valence-corrected chi connectivity index (χ0v) is 7.96. The maximum atomic E-state index is 10.7. The summed E-state index contributed by atoms with van der Waals surface area (Å²) in [7, 11) is -1.18. The quantitative estimate of drug-likeness (QED) is 0.462. The summed E-state index contributed by atoms with van der Waals surface area (Å²) in [6.45, 7) is 6.49. The van der Waals surface area contributed by atoms with Crippen molar-refractivity contribution in [2.24, 2.45) is 0 Å². The topological polar surface area (TPSA) is 17.1 Å². The Hall–Kier alpha value is 0.177. The molecule has 0 heterocycles. The zero-order valence-electron chi connectivity index (χ0n) is 6.20. The lowest BCUT2D eigenvalue weighted by Crippen LogP contribution is -2.24. The van der Waals surface area contributed by atoms with Crippen LogP contribution in [0.25, 0.3) is 0 Å². The highest BCUT2D eigenvalue weighted by atomic mass is 35.5. The van der Waals surface area contributed by atoms with E-state index >= 15 is 0 Å². The molecule has 0 bridgehead atoms. The van der Waals surface area contributed by atoms with Crippen LogP contribution in [0.1, 0.15) is 0 Å². The first-order valence-electron chi connectivity index (χ1n) is 3.03. The zero-order chi connectivity index (χ0) is 7.49. The van der Waals surface area contributed by atoms with Crippen molar-refractivity contribution in [2.75, 3.05) is 5.88 Å². The molecule has 0 aliphatic heterocycles. The van der Waals surface area contributed by atoms with Gasteiger partial charge in [0.05, 0.1) is 14.0 Å². The SMILES string of the molecule is C[Si](C)(C)CC(=O)CCl. The molecule has 0 N–H and O–H groups in total. The third-order valence-electron chi connectivity index (χ3n) is 0.877. The Morgan fingerprint density at radius 2 is 1.89 bits per heavy atom. The summed E-state index contributed by atoms with van der Waals surface area (Å²) in [6.07, 6.45) is 0. The summed E-state index contributed by atoms with van der Waals surface area (Å²) in [5, 5.41) is 0. The Kier molecular flexibility index (Phi) is 3.44. The van der Waals surface area contributed by atoms with Gasteiger partial charge in [0.15, 0.2) is 0 Å². The second-order valence-electron chi connectivity index (χ2n) is 3.41. The maximum Gasteiger partial charge on any atom is 0.144 e. The van der Waals surface area contributed by atoms with E-state index in [1.165, 1.54) is 0 Å². The highest BCUT2D eigenvalue weighted by molar-refractivity contribution is 6.79. The van der Waals surface area contributed by atoms with Gasteiger partial charge in [-0.15, -0.1) is 11.6 Å². The van der Waals surface area contributed by atoms with Crippen molar-refractivity contribution >= 4 is 25.5 Å². The van der Waals surface area contributed by atoms with Crippen LogP contribution in [0.5, 0.6) is 0 Å². The molecule has 0 rings (SSSR count). The van der Waals surface area contributed by atoms with Crippen LogP contribution in [-0.2, 0) is 4.79 Å². The van der Waals surface area contributed by atoms with Gasteiger partial charge in [0, 0.05) is 6.04 Å². The minimum absolute atomic E-state index is 0.185. The largest absolute Gasteiger partial charge is 0.299 e. The van der Waals surface area contributed by atoms with Gasteiger partial charge >= 0.3 is 0 Å². The molecule has 0 spiro atoms. The third-order valence-corrected chi connectivity index (χ3v) is 2.63. The molecular weight excluding hydrogens is 152 g/mol. The van der Waals surface area contributed by atoms with E-state index in [2.05, 4.69) is 19.6 Å². The highest BCUT2D eigenvalue weighted by Gasteiger charge is 2.16. The van der Waals surface area contributed by atoms with Gasteiger partial charge in [-0.3, -0.25) is 4.79 Å². The standard InChI is InChI=1S/C6H13ClOSi/c1-9(2,3)5-6(8)4-7/h4-5H2,1-3H3. The number of carbonyl (C=O) groups is 1. The molecule has 0 radical (unpaired) electrons. The molecule has 0 amide bonds. The van der Waals surface area contributed by atoms with Crippen LogP contribution in [0, 0.1) is 0 Å². The first kappa shape index (κ1) is 9.18. The Bertz CT molecular complexity index is 106. The molecule has 0 aromatic carbocycles. The van der Waals surface area contributed by atoms with Gasteiger partial charge in [0.1, 0.15) is 5.78 Å². The van der Waals surface area contributed by atoms with Crippen LogP contribution >= 0.6 is 11.6 Å². The van der Waals surface area contributed by atoms with Crippen LogP contribution in [0.2, 0.25) is 25.7 Å². The highest BCUT2D eigenvalue weighted by Crippen LogP contribution is 2.08. The van der Waals surface area contributed by atoms with Crippen LogP contribution in [0.15, 0.2) is 0 Å². The van der Waals surface area contributed by atoms with Crippen molar-refractivity contribution in [3.05, 3.63) is 0 Å². The molecule has 0 atom stereocenters. The minimum atomic E-state index is -1.18. The fourth-order valence-corrected chi connectivity index (χ4v) is 2.20. The molecule has 0 unspecified atom stereocenters. The lowest BCUT2D eigenvalue weighted by Gasteiger charge is -2.12. The third kappa shape index (κ3) is 6.06. The van der Waals surface area contributed by atoms with Crippen molar-refractivity contribution in [3.63, 3.8) is 0 Å². The first-order chi connectivity index (χ1) is 3.95. The van der Waals surface area contributed by atoms with Crippen molar-refractivity contribution in [1.82, 2.24) is 0 Å². The molecule has 0 aromatic rings. The van der Waals surface area contributed by atoms with E-state index in [1.54, 1.807) is 0 Å². The van der Waals surface area contributed by atoms with E-state index in [-0.39, 0.29) is 11.7 Å². The lowest BCUT2D eigenvalue weighted by molar-refractivity contribution is -0.114. The average Bonchev–Trinajstić information content (AvgIpc) is 1.62. The van der Waals surface area contributed by atoms with E-state index in [0.717, 1.165) is 6.04 Å². The van der Waals surface area contributed by atoms with Gasteiger partial charge in [-0.05, 0) is 0 Å². The molecule has 0 aliphatic rings.